The van der Waals surface area contributed by atoms with E-state index in [1.54, 1.807) is 31.0 Å². The zero-order chi connectivity index (χ0) is 14.5. The molecule has 20 heavy (non-hydrogen) atoms. The second-order valence-corrected chi connectivity index (χ2v) is 6.81. The molecule has 0 amide bonds. The largest absolute Gasteiger partial charge is 0.497 e. The summed E-state index contributed by atoms with van der Waals surface area (Å²) in [5.74, 6) is 0.737. The number of rotatable bonds is 5. The van der Waals surface area contributed by atoms with Gasteiger partial charge in [0.2, 0.25) is 0 Å². The van der Waals surface area contributed by atoms with E-state index < -0.39 is 0 Å². The first-order valence-electron chi connectivity index (χ1n) is 5.39. The minimum absolute atomic E-state index is 0.0461. The first-order chi connectivity index (χ1) is 9.67. The molecule has 0 radical (unpaired) electrons. The Balaban J connectivity index is 2.37. The van der Waals surface area contributed by atoms with E-state index in [4.69, 9.17) is 15.7 Å². The van der Waals surface area contributed by atoms with Gasteiger partial charge in [-0.25, -0.2) is 0 Å². The van der Waals surface area contributed by atoms with Gasteiger partial charge in [-0.2, -0.15) is 0 Å². The van der Waals surface area contributed by atoms with Gasteiger partial charge in [-0.05, 0) is 24.5 Å². The van der Waals surface area contributed by atoms with Gasteiger partial charge >= 0.3 is 0 Å². The highest BCUT2D eigenvalue weighted by Gasteiger charge is 2.13. The molecule has 0 aliphatic rings. The highest BCUT2D eigenvalue weighted by molar-refractivity contribution is 8.03. The molecule has 0 atom stereocenters. The van der Waals surface area contributed by atoms with Crippen molar-refractivity contribution in [3.63, 3.8) is 0 Å². The van der Waals surface area contributed by atoms with E-state index in [-0.39, 0.29) is 5.84 Å². The number of hydrogen-bond acceptors (Lipinski definition) is 8. The molecule has 1 heterocycles. The molecule has 1 aromatic carbocycles. The molecule has 0 saturated heterocycles. The fourth-order valence-corrected chi connectivity index (χ4v) is 3.96. The number of benzene rings is 1. The highest BCUT2D eigenvalue weighted by Crippen LogP contribution is 2.36. The van der Waals surface area contributed by atoms with Crippen LogP contribution in [0.1, 0.15) is 5.56 Å². The molecule has 2 aromatic rings. The van der Waals surface area contributed by atoms with E-state index in [1.165, 1.54) is 23.1 Å². The van der Waals surface area contributed by atoms with Crippen molar-refractivity contribution in [2.45, 2.75) is 13.6 Å². The molecule has 0 aliphatic heterocycles. The third-order valence-electron chi connectivity index (χ3n) is 2.33. The first kappa shape index (κ1) is 14.9. The quantitative estimate of drug-likeness (QED) is 0.286. The summed E-state index contributed by atoms with van der Waals surface area (Å²) in [6.07, 6.45) is 1.95. The third-order valence-corrected chi connectivity index (χ3v) is 5.34. The number of amidine groups is 1. The van der Waals surface area contributed by atoms with Gasteiger partial charge in [-0.3, -0.25) is 0 Å². The van der Waals surface area contributed by atoms with Gasteiger partial charge in [0, 0.05) is 10.5 Å². The van der Waals surface area contributed by atoms with E-state index in [0.29, 0.717) is 11.3 Å². The molecule has 2 rings (SSSR count). The van der Waals surface area contributed by atoms with Crippen LogP contribution in [-0.4, -0.2) is 34.6 Å². The van der Waals surface area contributed by atoms with Crippen LogP contribution in [0.15, 0.2) is 36.9 Å². The van der Waals surface area contributed by atoms with Gasteiger partial charge in [-0.1, -0.05) is 40.0 Å². The van der Waals surface area contributed by atoms with E-state index in [1.807, 2.05) is 12.3 Å². The zero-order valence-corrected chi connectivity index (χ0v) is 13.2. The summed E-state index contributed by atoms with van der Waals surface area (Å²) in [6, 6.07) is 5.32. The topological polar surface area (TPSA) is 93.6 Å². The zero-order valence-electron chi connectivity index (χ0n) is 10.7. The van der Waals surface area contributed by atoms with Crippen molar-refractivity contribution >= 4 is 40.7 Å². The first-order valence-corrected chi connectivity index (χ1v) is 8.25. The Labute approximate surface area is 128 Å². The Morgan fingerprint density at radius 2 is 2.15 bits per heavy atom. The lowest BCUT2D eigenvalue weighted by Gasteiger charge is -2.08. The van der Waals surface area contributed by atoms with E-state index in [9.17, 15) is 0 Å². The SMILES string of the molecule is COc1ccc(/C(N)=N/O)c(Sc2nnc(SC)s2)c1. The number of nitrogens with two attached hydrogens (primary N) is 1. The van der Waals surface area contributed by atoms with E-state index in [2.05, 4.69) is 15.4 Å². The lowest BCUT2D eigenvalue weighted by molar-refractivity contribution is 0.318. The molecule has 0 bridgehead atoms. The van der Waals surface area contributed by atoms with Crippen molar-refractivity contribution in [1.29, 1.82) is 0 Å². The van der Waals surface area contributed by atoms with Crippen LogP contribution in [0.3, 0.4) is 0 Å². The highest BCUT2D eigenvalue weighted by atomic mass is 32.2. The van der Waals surface area contributed by atoms with Crippen molar-refractivity contribution in [3.05, 3.63) is 23.8 Å². The predicted molar refractivity (Wildman–Crippen MR) is 81.3 cm³/mol. The summed E-state index contributed by atoms with van der Waals surface area (Å²) >= 11 is 4.43. The summed E-state index contributed by atoms with van der Waals surface area (Å²) in [5.41, 5.74) is 6.31. The second kappa shape index (κ2) is 6.82. The summed E-state index contributed by atoms with van der Waals surface area (Å²) in [4.78, 5) is 0.795. The lowest BCUT2D eigenvalue weighted by atomic mass is 10.2. The van der Waals surface area contributed by atoms with Crippen LogP contribution < -0.4 is 10.5 Å². The van der Waals surface area contributed by atoms with Crippen LogP contribution in [0, 0.1) is 0 Å². The number of aromatic nitrogens is 2. The van der Waals surface area contributed by atoms with Gasteiger partial charge in [0.1, 0.15) is 5.75 Å². The molecule has 6 nitrogen and oxygen atoms in total. The summed E-state index contributed by atoms with van der Waals surface area (Å²) < 4.78 is 6.87. The second-order valence-electron chi connectivity index (χ2n) is 3.49. The number of hydrogen-bond donors (Lipinski definition) is 2. The summed E-state index contributed by atoms with van der Waals surface area (Å²) in [6.45, 7) is 0. The van der Waals surface area contributed by atoms with Crippen molar-refractivity contribution in [3.8, 4) is 5.75 Å². The Bertz CT molecular complexity index is 630. The molecule has 0 saturated carbocycles. The minimum Gasteiger partial charge on any atom is -0.497 e. The van der Waals surface area contributed by atoms with Gasteiger partial charge in [-0.15, -0.1) is 10.2 Å². The summed E-state index contributed by atoms with van der Waals surface area (Å²) in [5, 5.41) is 20.0. The Hall–Kier alpha value is -1.45. The number of methoxy groups -OCH3 is 1. The number of nitrogens with zero attached hydrogens (tertiary/aromatic N) is 3. The maximum Gasteiger partial charge on any atom is 0.179 e. The molecular formula is C11H12N4O2S3. The van der Waals surface area contributed by atoms with Gasteiger partial charge in [0.15, 0.2) is 14.5 Å². The van der Waals surface area contributed by atoms with Crippen LogP contribution in [0.4, 0.5) is 0 Å². The molecule has 3 N–H and O–H groups in total. The Morgan fingerprint density at radius 3 is 2.75 bits per heavy atom. The average Bonchev–Trinajstić information content (AvgIpc) is 2.94. The normalized spacial score (nSPS) is 11.6. The maximum atomic E-state index is 8.84. The molecular weight excluding hydrogens is 316 g/mol. The number of oxime groups is 1. The standard InChI is InChI=1S/C11H12N4O2S3/c1-17-6-3-4-7(9(12)15-16)8(5-6)19-11-14-13-10(18-2)20-11/h3-5,16H,1-2H3,(H2,12,15). The van der Waals surface area contributed by atoms with Crippen LogP contribution in [-0.2, 0) is 0 Å². The van der Waals surface area contributed by atoms with E-state index in [0.717, 1.165) is 13.6 Å². The van der Waals surface area contributed by atoms with Crippen LogP contribution in [0.5, 0.6) is 5.75 Å². The van der Waals surface area contributed by atoms with Crippen LogP contribution >= 0.6 is 34.9 Å². The van der Waals surface area contributed by atoms with Crippen molar-refractivity contribution < 1.29 is 9.94 Å². The molecule has 9 heteroatoms. The van der Waals surface area contributed by atoms with Gasteiger partial charge in [0.25, 0.3) is 0 Å². The fraction of sp³-hybridized carbons (Fsp3) is 0.182. The molecule has 106 valence electrons. The number of ether oxygens (including phenoxy) is 1. The average molecular weight is 328 g/mol. The minimum atomic E-state index is 0.0461. The van der Waals surface area contributed by atoms with Crippen LogP contribution in [0.2, 0.25) is 0 Å². The number of thioether (sulfide) groups is 1. The third kappa shape index (κ3) is 3.35. The van der Waals surface area contributed by atoms with E-state index >= 15 is 0 Å². The van der Waals surface area contributed by atoms with Crippen LogP contribution in [0.25, 0.3) is 0 Å². The summed E-state index contributed by atoms with van der Waals surface area (Å²) in [7, 11) is 1.59. The molecule has 0 aliphatic carbocycles. The maximum absolute atomic E-state index is 8.84. The van der Waals surface area contributed by atoms with Crippen molar-refractivity contribution in [2.75, 3.05) is 13.4 Å². The molecule has 1 aromatic heterocycles. The van der Waals surface area contributed by atoms with Gasteiger partial charge in [0.05, 0.1) is 7.11 Å². The Kier molecular flexibility index (Phi) is 5.10. The molecule has 0 unspecified atom stereocenters. The molecule has 0 fully saturated rings. The van der Waals surface area contributed by atoms with Crippen molar-refractivity contribution in [2.24, 2.45) is 10.9 Å². The Morgan fingerprint density at radius 1 is 1.40 bits per heavy atom. The smallest absolute Gasteiger partial charge is 0.179 e. The van der Waals surface area contributed by atoms with Gasteiger partial charge < -0.3 is 15.7 Å². The monoisotopic (exact) mass is 328 g/mol. The predicted octanol–water partition coefficient (Wildman–Crippen LogP) is 2.51. The molecule has 0 spiro atoms. The fourth-order valence-electron chi connectivity index (χ4n) is 1.39. The lowest BCUT2D eigenvalue weighted by Crippen LogP contribution is -2.14. The van der Waals surface area contributed by atoms with Crippen molar-refractivity contribution in [1.82, 2.24) is 10.2 Å².